The van der Waals surface area contributed by atoms with Gasteiger partial charge < -0.3 is 9.59 Å². The van der Waals surface area contributed by atoms with Gasteiger partial charge in [-0.1, -0.05) is 0 Å². The number of hydrogen-bond donors (Lipinski definition) is 2. The Balaban J connectivity index is 0. The topological polar surface area (TPSA) is 40.5 Å². The number of rotatable bonds is 2. The molecule has 0 aromatic carbocycles. The lowest BCUT2D eigenvalue weighted by molar-refractivity contribution is -0.131. The van der Waals surface area contributed by atoms with Crippen molar-refractivity contribution in [2.75, 3.05) is 0 Å². The van der Waals surface area contributed by atoms with E-state index in [2.05, 4.69) is 0 Å². The van der Waals surface area contributed by atoms with Crippen LogP contribution in [0.3, 0.4) is 0 Å². The smallest absolute Gasteiger partial charge is 0.388 e. The highest BCUT2D eigenvalue weighted by molar-refractivity contribution is 6.69. The molecule has 0 aliphatic carbocycles. The molecule has 0 saturated heterocycles. The quantitative estimate of drug-likeness (QED) is 0.751. The van der Waals surface area contributed by atoms with Crippen LogP contribution >= 0.6 is 0 Å². The van der Waals surface area contributed by atoms with Crippen LogP contribution in [0, 0.1) is 0 Å². The maximum atomic E-state index is 11.5. The summed E-state index contributed by atoms with van der Waals surface area (Å²) in [5, 5.41) is 0. The molecule has 0 bridgehead atoms. The van der Waals surface area contributed by atoms with Gasteiger partial charge in [-0.25, -0.2) is 0 Å². The number of halogens is 3. The first-order valence-corrected chi connectivity index (χ1v) is 11.3. The van der Waals surface area contributed by atoms with Gasteiger partial charge >= 0.3 is 6.18 Å². The standard InChI is InChI=1S/C5H11F3OSi.C3H10OSi/c1-10(2,9)4-3-5(6,7)8;1-5(2,3)4/h9H,3-4H2,1-2H3;4H,1-3H3. The van der Waals surface area contributed by atoms with E-state index in [0.717, 1.165) is 0 Å². The summed E-state index contributed by atoms with van der Waals surface area (Å²) >= 11 is 0. The van der Waals surface area contributed by atoms with E-state index in [1.807, 2.05) is 19.6 Å². The van der Waals surface area contributed by atoms with E-state index >= 15 is 0 Å². The van der Waals surface area contributed by atoms with Crippen molar-refractivity contribution in [1.82, 2.24) is 0 Å². The van der Waals surface area contributed by atoms with E-state index in [4.69, 9.17) is 9.59 Å². The Morgan fingerprint density at radius 1 is 0.933 bits per heavy atom. The van der Waals surface area contributed by atoms with Crippen LogP contribution in [-0.4, -0.2) is 32.4 Å². The average Bonchev–Trinajstić information content (AvgIpc) is 1.76. The van der Waals surface area contributed by atoms with E-state index in [-0.39, 0.29) is 6.04 Å². The summed E-state index contributed by atoms with van der Waals surface area (Å²) < 4.78 is 34.5. The summed E-state index contributed by atoms with van der Waals surface area (Å²) in [4.78, 5) is 17.7. The maximum absolute atomic E-state index is 11.5. The van der Waals surface area contributed by atoms with Gasteiger partial charge in [0.05, 0.1) is 0 Å². The highest BCUT2D eigenvalue weighted by Crippen LogP contribution is 2.24. The summed E-state index contributed by atoms with van der Waals surface area (Å²) in [5.41, 5.74) is 0. The molecule has 0 fully saturated rings. The van der Waals surface area contributed by atoms with Gasteiger partial charge in [0, 0.05) is 6.42 Å². The maximum Gasteiger partial charge on any atom is 0.388 e. The van der Waals surface area contributed by atoms with Crippen LogP contribution in [0.5, 0.6) is 0 Å². The Bertz CT molecular complexity index is 150. The van der Waals surface area contributed by atoms with Gasteiger partial charge in [-0.15, -0.1) is 0 Å². The highest BCUT2D eigenvalue weighted by Gasteiger charge is 2.31. The molecule has 0 unspecified atom stereocenters. The monoisotopic (exact) mass is 262 g/mol. The lowest BCUT2D eigenvalue weighted by Gasteiger charge is -2.14. The molecule has 0 spiro atoms. The third-order valence-corrected chi connectivity index (χ3v) is 2.49. The minimum Gasteiger partial charge on any atom is -0.433 e. The fourth-order valence-electron chi connectivity index (χ4n) is 0.448. The van der Waals surface area contributed by atoms with Crippen molar-refractivity contribution >= 4 is 16.6 Å². The third-order valence-electron chi connectivity index (χ3n) is 1.02. The fourth-order valence-corrected chi connectivity index (χ4v) is 1.34. The van der Waals surface area contributed by atoms with Crippen LogP contribution in [-0.2, 0) is 0 Å². The van der Waals surface area contributed by atoms with Gasteiger partial charge in [-0.2, -0.15) is 13.2 Å². The van der Waals surface area contributed by atoms with Crippen LogP contribution in [0.4, 0.5) is 13.2 Å². The molecule has 7 heteroatoms. The second-order valence-electron chi connectivity index (χ2n) is 5.10. The van der Waals surface area contributed by atoms with Crippen molar-refractivity contribution in [3.63, 3.8) is 0 Å². The Morgan fingerprint density at radius 2 is 1.20 bits per heavy atom. The van der Waals surface area contributed by atoms with Crippen molar-refractivity contribution < 1.29 is 22.8 Å². The zero-order valence-corrected chi connectivity index (χ0v) is 11.9. The van der Waals surface area contributed by atoms with E-state index in [1.165, 1.54) is 13.1 Å². The Morgan fingerprint density at radius 3 is 1.27 bits per heavy atom. The molecule has 0 saturated carbocycles. The van der Waals surface area contributed by atoms with Gasteiger partial charge in [-0.3, -0.25) is 0 Å². The molecule has 0 heterocycles. The largest absolute Gasteiger partial charge is 0.433 e. The molecule has 0 amide bonds. The summed E-state index contributed by atoms with van der Waals surface area (Å²) in [6.07, 6.45) is -4.98. The Labute approximate surface area is 91.4 Å². The minimum absolute atomic E-state index is 0.101. The first-order chi connectivity index (χ1) is 6.21. The number of alkyl halides is 3. The van der Waals surface area contributed by atoms with Crippen molar-refractivity contribution in [1.29, 1.82) is 0 Å². The van der Waals surface area contributed by atoms with Crippen LogP contribution in [0.25, 0.3) is 0 Å². The lowest BCUT2D eigenvalue weighted by atomic mass is 10.5. The molecule has 2 N–H and O–H groups in total. The Hall–Kier alpha value is 0.144. The predicted molar refractivity (Wildman–Crippen MR) is 60.7 cm³/mol. The van der Waals surface area contributed by atoms with Crippen molar-refractivity contribution in [2.45, 2.75) is 51.4 Å². The van der Waals surface area contributed by atoms with E-state index < -0.39 is 29.2 Å². The first-order valence-electron chi connectivity index (χ1n) is 4.72. The molecule has 0 aromatic heterocycles. The number of hydrogen-bond acceptors (Lipinski definition) is 2. The molecule has 2 nitrogen and oxygen atoms in total. The molecule has 0 atom stereocenters. The van der Waals surface area contributed by atoms with Crippen LogP contribution < -0.4 is 0 Å². The predicted octanol–water partition coefficient (Wildman–Crippen LogP) is 2.95. The molecule has 0 aromatic rings. The van der Waals surface area contributed by atoms with Gasteiger partial charge in [0.1, 0.15) is 0 Å². The van der Waals surface area contributed by atoms with Gasteiger partial charge in [0.15, 0.2) is 16.6 Å². The molecule has 0 radical (unpaired) electrons. The molecule has 0 aliphatic heterocycles. The fraction of sp³-hybridized carbons (Fsp3) is 1.00. The van der Waals surface area contributed by atoms with Crippen LogP contribution in [0.1, 0.15) is 6.42 Å². The summed E-state index contributed by atoms with van der Waals surface area (Å²) in [6.45, 7) is 8.64. The van der Waals surface area contributed by atoms with E-state index in [9.17, 15) is 13.2 Å². The summed E-state index contributed by atoms with van der Waals surface area (Å²) in [6, 6.07) is -0.101. The van der Waals surface area contributed by atoms with Crippen molar-refractivity contribution in [3.8, 4) is 0 Å². The lowest BCUT2D eigenvalue weighted by Crippen LogP contribution is -2.27. The summed E-state index contributed by atoms with van der Waals surface area (Å²) in [5.74, 6) is 0. The molecule has 15 heavy (non-hydrogen) atoms. The van der Waals surface area contributed by atoms with Gasteiger partial charge in [0.2, 0.25) is 0 Å². The van der Waals surface area contributed by atoms with Gasteiger partial charge in [0.25, 0.3) is 0 Å². The zero-order chi connectivity index (χ0) is 12.9. The van der Waals surface area contributed by atoms with Crippen molar-refractivity contribution in [2.24, 2.45) is 0 Å². The van der Waals surface area contributed by atoms with E-state index in [1.54, 1.807) is 0 Å². The summed E-state index contributed by atoms with van der Waals surface area (Å²) in [7, 11) is -4.10. The van der Waals surface area contributed by atoms with Crippen LogP contribution in [0.2, 0.25) is 38.8 Å². The van der Waals surface area contributed by atoms with Crippen LogP contribution in [0.15, 0.2) is 0 Å². The second kappa shape index (κ2) is 6.02. The molecule has 0 rings (SSSR count). The van der Waals surface area contributed by atoms with Crippen molar-refractivity contribution in [3.05, 3.63) is 0 Å². The van der Waals surface area contributed by atoms with Gasteiger partial charge in [-0.05, 0) is 38.8 Å². The zero-order valence-electron chi connectivity index (χ0n) is 9.94. The SMILES string of the molecule is C[Si](C)(C)O.C[Si](C)(O)CCC(F)(F)F. The molecular weight excluding hydrogens is 241 g/mol. The Kier molecular flexibility index (Phi) is 7.04. The second-order valence-corrected chi connectivity index (χ2v) is 13.6. The van der Waals surface area contributed by atoms with E-state index in [0.29, 0.717) is 0 Å². The highest BCUT2D eigenvalue weighted by atomic mass is 28.4. The minimum atomic E-state index is -4.12. The average molecular weight is 262 g/mol. The first kappa shape index (κ1) is 17.5. The molecular formula is C8H21F3O2Si2. The third kappa shape index (κ3) is 40.9. The molecule has 0 aliphatic rings. The normalized spacial score (nSPS) is 13.2. The molecule has 94 valence electrons.